The van der Waals surface area contributed by atoms with Crippen LogP contribution in [0.5, 0.6) is 0 Å². The lowest BCUT2D eigenvalue weighted by molar-refractivity contribution is -0.167. The number of ether oxygens (including phenoxy) is 2. The Hall–Kier alpha value is -1.06. The molecule has 1 unspecified atom stereocenters. The minimum absolute atomic E-state index is 0.285. The lowest BCUT2D eigenvalue weighted by Crippen LogP contribution is -2.27. The van der Waals surface area contributed by atoms with Crippen LogP contribution in [0, 0.1) is 5.92 Å². The molecule has 4 heteroatoms. The van der Waals surface area contributed by atoms with Gasteiger partial charge in [0.25, 0.3) is 0 Å². The summed E-state index contributed by atoms with van der Waals surface area (Å²) in [6.07, 6.45) is 0.247. The van der Waals surface area contributed by atoms with Crippen molar-refractivity contribution in [2.24, 2.45) is 5.92 Å². The summed E-state index contributed by atoms with van der Waals surface area (Å²) in [6.45, 7) is 7.65. The van der Waals surface area contributed by atoms with E-state index in [-0.39, 0.29) is 11.9 Å². The second-order valence-corrected chi connectivity index (χ2v) is 3.91. The molecular weight excluding hydrogens is 196 g/mol. The Morgan fingerprint density at radius 3 is 2.27 bits per heavy atom. The van der Waals surface area contributed by atoms with E-state index in [4.69, 9.17) is 9.47 Å². The highest BCUT2D eigenvalue weighted by molar-refractivity contribution is 5.78. The van der Waals surface area contributed by atoms with Gasteiger partial charge in [0.1, 0.15) is 0 Å². The maximum Gasteiger partial charge on any atom is 0.347 e. The fourth-order valence-electron chi connectivity index (χ4n) is 0.874. The number of rotatable bonds is 6. The van der Waals surface area contributed by atoms with Gasteiger partial charge in [-0.05, 0) is 19.3 Å². The molecule has 0 aliphatic rings. The van der Waals surface area contributed by atoms with Gasteiger partial charge in [-0.15, -0.1) is 0 Å². The van der Waals surface area contributed by atoms with Crippen molar-refractivity contribution in [3.05, 3.63) is 0 Å². The quantitative estimate of drug-likeness (QED) is 0.636. The molecule has 0 heterocycles. The third kappa shape index (κ3) is 6.94. The normalized spacial score (nSPS) is 12.3. The van der Waals surface area contributed by atoms with E-state index in [0.717, 1.165) is 0 Å². The van der Waals surface area contributed by atoms with E-state index in [1.165, 1.54) is 6.92 Å². The van der Waals surface area contributed by atoms with Crippen LogP contribution >= 0.6 is 0 Å². The minimum Gasteiger partial charge on any atom is -0.463 e. The van der Waals surface area contributed by atoms with Crippen LogP contribution in [0.4, 0.5) is 0 Å². The molecular formula is C11H20O4. The van der Waals surface area contributed by atoms with Crippen molar-refractivity contribution in [3.63, 3.8) is 0 Å². The Bertz CT molecular complexity index is 211. The standard InChI is InChI=1S/C11H20O4/c1-5-6-10(12)15-9(4)11(13)14-7-8(2)3/h8-9H,5-7H2,1-4H3. The van der Waals surface area contributed by atoms with Crippen molar-refractivity contribution >= 4 is 11.9 Å². The molecule has 0 fully saturated rings. The maximum atomic E-state index is 11.3. The molecule has 15 heavy (non-hydrogen) atoms. The Kier molecular flexibility index (Phi) is 6.75. The second-order valence-electron chi connectivity index (χ2n) is 3.91. The number of esters is 2. The third-order valence-electron chi connectivity index (χ3n) is 1.65. The largest absolute Gasteiger partial charge is 0.463 e. The first kappa shape index (κ1) is 13.9. The zero-order valence-corrected chi connectivity index (χ0v) is 9.91. The Morgan fingerprint density at radius 1 is 1.20 bits per heavy atom. The minimum atomic E-state index is -0.803. The summed E-state index contributed by atoms with van der Waals surface area (Å²) >= 11 is 0. The first-order valence-corrected chi connectivity index (χ1v) is 5.33. The van der Waals surface area contributed by atoms with Gasteiger partial charge in [0.05, 0.1) is 6.61 Å². The number of hydrogen-bond acceptors (Lipinski definition) is 4. The van der Waals surface area contributed by atoms with Crippen molar-refractivity contribution in [3.8, 4) is 0 Å². The molecule has 0 aromatic rings. The summed E-state index contributed by atoms with van der Waals surface area (Å²) in [5.41, 5.74) is 0. The lowest BCUT2D eigenvalue weighted by Gasteiger charge is -2.13. The summed E-state index contributed by atoms with van der Waals surface area (Å²) in [5.74, 6) is -0.549. The molecule has 1 atom stereocenters. The lowest BCUT2D eigenvalue weighted by atomic mass is 10.2. The van der Waals surface area contributed by atoms with E-state index >= 15 is 0 Å². The second kappa shape index (κ2) is 7.26. The van der Waals surface area contributed by atoms with E-state index < -0.39 is 12.1 Å². The third-order valence-corrected chi connectivity index (χ3v) is 1.65. The molecule has 4 nitrogen and oxygen atoms in total. The topological polar surface area (TPSA) is 52.6 Å². The fourth-order valence-corrected chi connectivity index (χ4v) is 0.874. The first-order chi connectivity index (χ1) is 6.97. The predicted octanol–water partition coefficient (Wildman–Crippen LogP) is 1.92. The molecule has 0 saturated heterocycles. The molecule has 0 amide bonds. The van der Waals surface area contributed by atoms with E-state index in [2.05, 4.69) is 0 Å². The molecule has 0 aliphatic heterocycles. The molecule has 0 aliphatic carbocycles. The van der Waals surface area contributed by atoms with E-state index in [1.54, 1.807) is 0 Å². The summed E-state index contributed by atoms with van der Waals surface area (Å²) in [4.78, 5) is 22.4. The number of carbonyl (C=O) groups excluding carboxylic acids is 2. The zero-order chi connectivity index (χ0) is 11.8. The van der Waals surface area contributed by atoms with Crippen molar-refractivity contribution in [2.75, 3.05) is 6.61 Å². The highest BCUT2D eigenvalue weighted by Gasteiger charge is 2.18. The van der Waals surface area contributed by atoms with Crippen molar-refractivity contribution in [2.45, 2.75) is 46.6 Å². The Morgan fingerprint density at radius 2 is 1.80 bits per heavy atom. The van der Waals surface area contributed by atoms with Crippen molar-refractivity contribution in [1.29, 1.82) is 0 Å². The molecule has 0 N–H and O–H groups in total. The molecule has 0 aromatic carbocycles. The van der Waals surface area contributed by atoms with Crippen LogP contribution in [-0.4, -0.2) is 24.6 Å². The van der Waals surface area contributed by atoms with Crippen LogP contribution < -0.4 is 0 Å². The van der Waals surface area contributed by atoms with Crippen molar-refractivity contribution < 1.29 is 19.1 Å². The highest BCUT2D eigenvalue weighted by Crippen LogP contribution is 2.01. The molecule has 0 rings (SSSR count). The summed E-state index contributed by atoms with van der Waals surface area (Å²) in [7, 11) is 0. The zero-order valence-electron chi connectivity index (χ0n) is 9.91. The molecule has 0 spiro atoms. The van der Waals surface area contributed by atoms with Crippen LogP contribution in [0.3, 0.4) is 0 Å². The molecule has 0 aromatic heterocycles. The summed E-state index contributed by atoms with van der Waals surface area (Å²) < 4.78 is 9.80. The Labute approximate surface area is 90.9 Å². The van der Waals surface area contributed by atoms with Gasteiger partial charge >= 0.3 is 11.9 Å². The maximum absolute atomic E-state index is 11.3. The highest BCUT2D eigenvalue weighted by atomic mass is 16.6. The smallest absolute Gasteiger partial charge is 0.347 e. The van der Waals surface area contributed by atoms with E-state index in [1.807, 2.05) is 20.8 Å². The monoisotopic (exact) mass is 216 g/mol. The van der Waals surface area contributed by atoms with Crippen LogP contribution in [0.25, 0.3) is 0 Å². The van der Waals surface area contributed by atoms with E-state index in [0.29, 0.717) is 19.4 Å². The fraction of sp³-hybridized carbons (Fsp3) is 0.818. The molecule has 0 radical (unpaired) electrons. The SMILES string of the molecule is CCCC(=O)OC(C)C(=O)OCC(C)C. The summed E-state index contributed by atoms with van der Waals surface area (Å²) in [5, 5.41) is 0. The average Bonchev–Trinajstić information content (AvgIpc) is 2.14. The van der Waals surface area contributed by atoms with Gasteiger partial charge in [0.15, 0.2) is 6.10 Å². The average molecular weight is 216 g/mol. The van der Waals surface area contributed by atoms with Crippen molar-refractivity contribution in [1.82, 2.24) is 0 Å². The molecule has 0 saturated carbocycles. The predicted molar refractivity (Wildman–Crippen MR) is 56.3 cm³/mol. The molecule has 0 bridgehead atoms. The van der Waals surface area contributed by atoms with Crippen LogP contribution in [0.1, 0.15) is 40.5 Å². The van der Waals surface area contributed by atoms with Crippen LogP contribution in [0.2, 0.25) is 0 Å². The Balaban J connectivity index is 3.83. The number of carbonyl (C=O) groups is 2. The van der Waals surface area contributed by atoms with Crippen LogP contribution in [0.15, 0.2) is 0 Å². The van der Waals surface area contributed by atoms with Gasteiger partial charge in [-0.25, -0.2) is 4.79 Å². The van der Waals surface area contributed by atoms with E-state index in [9.17, 15) is 9.59 Å². The number of hydrogen-bond donors (Lipinski definition) is 0. The van der Waals surface area contributed by atoms with Gasteiger partial charge < -0.3 is 9.47 Å². The van der Waals surface area contributed by atoms with Gasteiger partial charge in [0.2, 0.25) is 0 Å². The van der Waals surface area contributed by atoms with Gasteiger partial charge in [0, 0.05) is 6.42 Å². The molecule has 88 valence electrons. The van der Waals surface area contributed by atoms with Gasteiger partial charge in [-0.1, -0.05) is 20.8 Å². The van der Waals surface area contributed by atoms with Gasteiger partial charge in [-0.2, -0.15) is 0 Å². The summed E-state index contributed by atoms with van der Waals surface area (Å²) in [6, 6.07) is 0. The van der Waals surface area contributed by atoms with Gasteiger partial charge in [-0.3, -0.25) is 4.79 Å². The van der Waals surface area contributed by atoms with Crippen LogP contribution in [-0.2, 0) is 19.1 Å². The first-order valence-electron chi connectivity index (χ1n) is 5.33.